The molecule has 0 heterocycles. The molecule has 2 rings (SSSR count). The molecule has 0 aromatic heterocycles. The summed E-state index contributed by atoms with van der Waals surface area (Å²) in [5.74, 6) is -0.456. The number of hydrogen-bond donors (Lipinski definition) is 1. The van der Waals surface area contributed by atoms with Crippen molar-refractivity contribution in [3.63, 3.8) is 0 Å². The first-order valence-corrected chi connectivity index (χ1v) is 9.34. The van der Waals surface area contributed by atoms with Gasteiger partial charge < -0.3 is 19.5 Å². The van der Waals surface area contributed by atoms with Crippen LogP contribution in [0.2, 0.25) is 0 Å². The Morgan fingerprint density at radius 1 is 1.10 bits per heavy atom. The zero-order valence-electron chi connectivity index (χ0n) is 17.1. The van der Waals surface area contributed by atoms with Crippen LogP contribution in [-0.4, -0.2) is 32.2 Å². The van der Waals surface area contributed by atoms with Crippen molar-refractivity contribution in [3.05, 3.63) is 53.3 Å². The maximum atomic E-state index is 13.8. The Morgan fingerprint density at radius 2 is 1.86 bits per heavy atom. The summed E-state index contributed by atoms with van der Waals surface area (Å²) in [6.07, 6.45) is 0.892. The number of carbonyl (C=O) groups excluding carboxylic acids is 2. The van der Waals surface area contributed by atoms with Gasteiger partial charge in [0.1, 0.15) is 5.82 Å². The maximum absolute atomic E-state index is 13.8. The summed E-state index contributed by atoms with van der Waals surface area (Å²) in [6, 6.07) is 9.07. The molecule has 2 aromatic carbocycles. The molecule has 0 aliphatic heterocycles. The van der Waals surface area contributed by atoms with Crippen LogP contribution in [-0.2, 0) is 9.53 Å². The molecule has 0 spiro atoms. The molecule has 29 heavy (non-hydrogen) atoms. The third kappa shape index (κ3) is 6.78. The Bertz CT molecular complexity index is 866. The molecular formula is C22H26FNO5. The van der Waals surface area contributed by atoms with Crippen LogP contribution in [0.1, 0.15) is 36.2 Å². The second kappa shape index (κ2) is 10.5. The summed E-state index contributed by atoms with van der Waals surface area (Å²) in [7, 11) is 1.48. The molecule has 0 unspecified atom stereocenters. The SMILES string of the molecule is COc1cc(C(=O)OCC(=O)Nc2ccc(C)cc2F)ccc1OCCC(C)C. The van der Waals surface area contributed by atoms with Crippen molar-refractivity contribution >= 4 is 17.6 Å². The monoisotopic (exact) mass is 403 g/mol. The highest BCUT2D eigenvalue weighted by molar-refractivity contribution is 5.95. The van der Waals surface area contributed by atoms with Gasteiger partial charge in [0.25, 0.3) is 5.91 Å². The predicted octanol–water partition coefficient (Wildman–Crippen LogP) is 4.36. The van der Waals surface area contributed by atoms with Crippen LogP contribution < -0.4 is 14.8 Å². The van der Waals surface area contributed by atoms with E-state index in [9.17, 15) is 14.0 Å². The molecule has 7 heteroatoms. The lowest BCUT2D eigenvalue weighted by Crippen LogP contribution is -2.21. The van der Waals surface area contributed by atoms with Gasteiger partial charge in [-0.3, -0.25) is 4.79 Å². The fourth-order valence-electron chi connectivity index (χ4n) is 2.44. The number of halogens is 1. The first kappa shape index (κ1) is 22.2. The standard InChI is InChI=1S/C22H26FNO5/c1-14(2)9-10-28-19-8-6-16(12-20(19)27-4)22(26)29-13-21(25)24-18-7-5-15(3)11-17(18)23/h5-8,11-12,14H,9-10,13H2,1-4H3,(H,24,25). The summed E-state index contributed by atoms with van der Waals surface area (Å²) in [5, 5.41) is 2.37. The van der Waals surface area contributed by atoms with Crippen molar-refractivity contribution in [1.82, 2.24) is 0 Å². The second-order valence-corrected chi connectivity index (χ2v) is 7.00. The third-order valence-electron chi connectivity index (χ3n) is 4.09. The van der Waals surface area contributed by atoms with E-state index in [1.807, 2.05) is 0 Å². The molecule has 0 atom stereocenters. The summed E-state index contributed by atoms with van der Waals surface area (Å²) in [5.41, 5.74) is 0.978. The molecular weight excluding hydrogens is 377 g/mol. The Kier molecular flexibility index (Phi) is 8.00. The minimum Gasteiger partial charge on any atom is -0.493 e. The number of methoxy groups -OCH3 is 1. The van der Waals surface area contributed by atoms with E-state index in [2.05, 4.69) is 19.2 Å². The fraction of sp³-hybridized carbons (Fsp3) is 0.364. The van der Waals surface area contributed by atoms with Crippen molar-refractivity contribution < 1.29 is 28.2 Å². The normalized spacial score (nSPS) is 10.6. The van der Waals surface area contributed by atoms with E-state index >= 15 is 0 Å². The number of amides is 1. The number of esters is 1. The second-order valence-electron chi connectivity index (χ2n) is 7.00. The Morgan fingerprint density at radius 3 is 2.52 bits per heavy atom. The lowest BCUT2D eigenvalue weighted by atomic mass is 10.1. The van der Waals surface area contributed by atoms with Gasteiger partial charge >= 0.3 is 5.97 Å². The van der Waals surface area contributed by atoms with Gasteiger partial charge in [0.2, 0.25) is 0 Å². The van der Waals surface area contributed by atoms with E-state index in [1.54, 1.807) is 19.1 Å². The van der Waals surface area contributed by atoms with Crippen molar-refractivity contribution in [2.75, 3.05) is 25.6 Å². The van der Waals surface area contributed by atoms with E-state index < -0.39 is 24.3 Å². The average Bonchev–Trinajstić information content (AvgIpc) is 2.68. The minimum atomic E-state index is -0.698. The quantitative estimate of drug-likeness (QED) is 0.630. The molecule has 1 N–H and O–H groups in total. The molecule has 0 radical (unpaired) electrons. The first-order chi connectivity index (χ1) is 13.8. The van der Waals surface area contributed by atoms with Gasteiger partial charge in [-0.1, -0.05) is 19.9 Å². The van der Waals surface area contributed by atoms with Gasteiger partial charge in [-0.15, -0.1) is 0 Å². The zero-order valence-corrected chi connectivity index (χ0v) is 17.1. The summed E-state index contributed by atoms with van der Waals surface area (Å²) >= 11 is 0. The highest BCUT2D eigenvalue weighted by atomic mass is 19.1. The lowest BCUT2D eigenvalue weighted by Gasteiger charge is -2.13. The number of benzene rings is 2. The zero-order chi connectivity index (χ0) is 21.4. The van der Waals surface area contributed by atoms with E-state index in [0.717, 1.165) is 12.0 Å². The topological polar surface area (TPSA) is 73.9 Å². The average molecular weight is 403 g/mol. The number of anilines is 1. The highest BCUT2D eigenvalue weighted by Crippen LogP contribution is 2.28. The van der Waals surface area contributed by atoms with Crippen molar-refractivity contribution in [2.24, 2.45) is 5.92 Å². The number of ether oxygens (including phenoxy) is 3. The van der Waals surface area contributed by atoms with Crippen LogP contribution in [0, 0.1) is 18.7 Å². The van der Waals surface area contributed by atoms with E-state index in [-0.39, 0.29) is 11.3 Å². The van der Waals surface area contributed by atoms with E-state index in [0.29, 0.717) is 24.0 Å². The maximum Gasteiger partial charge on any atom is 0.338 e. The smallest absolute Gasteiger partial charge is 0.338 e. The van der Waals surface area contributed by atoms with Crippen LogP contribution in [0.3, 0.4) is 0 Å². The number of rotatable bonds is 9. The van der Waals surface area contributed by atoms with Crippen LogP contribution in [0.15, 0.2) is 36.4 Å². The van der Waals surface area contributed by atoms with Crippen molar-refractivity contribution in [1.29, 1.82) is 0 Å². The molecule has 0 saturated carbocycles. The van der Waals surface area contributed by atoms with Gasteiger partial charge in [-0.05, 0) is 55.2 Å². The number of hydrogen-bond acceptors (Lipinski definition) is 5. The number of aryl methyl sites for hydroxylation is 1. The van der Waals surface area contributed by atoms with Gasteiger partial charge in [0.15, 0.2) is 18.1 Å². The van der Waals surface area contributed by atoms with Gasteiger partial charge in [0, 0.05) is 0 Å². The van der Waals surface area contributed by atoms with Gasteiger partial charge in [0.05, 0.1) is 25.0 Å². The van der Waals surface area contributed by atoms with Gasteiger partial charge in [-0.2, -0.15) is 0 Å². The van der Waals surface area contributed by atoms with Crippen LogP contribution in [0.25, 0.3) is 0 Å². The Labute approximate surface area is 170 Å². The van der Waals surface area contributed by atoms with Crippen molar-refractivity contribution in [2.45, 2.75) is 27.2 Å². The minimum absolute atomic E-state index is 0.0289. The molecule has 156 valence electrons. The molecule has 1 amide bonds. The summed E-state index contributed by atoms with van der Waals surface area (Å²) in [4.78, 5) is 24.2. The van der Waals surface area contributed by atoms with E-state index in [4.69, 9.17) is 14.2 Å². The Hall–Kier alpha value is -3.09. The molecule has 0 bridgehead atoms. The molecule has 0 fully saturated rings. The molecule has 6 nitrogen and oxygen atoms in total. The Balaban J connectivity index is 1.93. The first-order valence-electron chi connectivity index (χ1n) is 9.34. The molecule has 0 saturated heterocycles. The third-order valence-corrected chi connectivity index (χ3v) is 4.09. The number of nitrogens with one attached hydrogen (secondary N) is 1. The number of carbonyl (C=O) groups is 2. The van der Waals surface area contributed by atoms with Crippen LogP contribution in [0.5, 0.6) is 11.5 Å². The largest absolute Gasteiger partial charge is 0.493 e. The highest BCUT2D eigenvalue weighted by Gasteiger charge is 2.15. The molecule has 2 aromatic rings. The molecule has 0 aliphatic carbocycles. The summed E-state index contributed by atoms with van der Waals surface area (Å²) < 4.78 is 29.7. The van der Waals surface area contributed by atoms with E-state index in [1.165, 1.54) is 31.4 Å². The molecule has 0 aliphatic rings. The van der Waals surface area contributed by atoms with Crippen LogP contribution in [0.4, 0.5) is 10.1 Å². The predicted molar refractivity (Wildman–Crippen MR) is 108 cm³/mol. The van der Waals surface area contributed by atoms with Crippen LogP contribution >= 0.6 is 0 Å². The fourth-order valence-corrected chi connectivity index (χ4v) is 2.44. The summed E-state index contributed by atoms with van der Waals surface area (Å²) in [6.45, 7) is 5.94. The lowest BCUT2D eigenvalue weighted by molar-refractivity contribution is -0.119. The van der Waals surface area contributed by atoms with Crippen molar-refractivity contribution in [3.8, 4) is 11.5 Å². The van der Waals surface area contributed by atoms with Gasteiger partial charge in [-0.25, -0.2) is 9.18 Å².